The van der Waals surface area contributed by atoms with Crippen molar-refractivity contribution >= 4 is 5.91 Å². The smallest absolute Gasteiger partial charge is 0.225 e. The second-order valence-corrected chi connectivity index (χ2v) is 4.19. The van der Waals surface area contributed by atoms with Crippen LogP contribution in [0.4, 0.5) is 0 Å². The molecule has 0 atom stereocenters. The molecule has 16 heavy (non-hydrogen) atoms. The normalized spacial score (nSPS) is 17.3. The molecule has 5 nitrogen and oxygen atoms in total. The molecule has 1 aromatic heterocycles. The first-order valence-corrected chi connectivity index (χ1v) is 5.58. The summed E-state index contributed by atoms with van der Waals surface area (Å²) in [7, 11) is 1.84. The number of carbonyl (C=O) groups excluding carboxylic acids is 1. The van der Waals surface area contributed by atoms with Crippen molar-refractivity contribution in [2.24, 2.45) is 5.92 Å². The Balaban J connectivity index is 1.88. The lowest BCUT2D eigenvalue weighted by atomic mass is 9.99. The fraction of sp³-hybridized carbons (Fsp3) is 0.636. The van der Waals surface area contributed by atoms with Crippen molar-refractivity contribution < 1.29 is 9.53 Å². The SMILES string of the molecule is CN(Cc1cn[nH]c1)C(=O)C1CCOCC1. The second kappa shape index (κ2) is 5.12. The molecule has 0 aliphatic carbocycles. The van der Waals surface area contributed by atoms with E-state index in [0.29, 0.717) is 19.8 Å². The number of hydrogen-bond donors (Lipinski definition) is 1. The van der Waals surface area contributed by atoms with E-state index < -0.39 is 0 Å². The largest absolute Gasteiger partial charge is 0.381 e. The Morgan fingerprint density at radius 3 is 3.00 bits per heavy atom. The molecule has 1 saturated heterocycles. The summed E-state index contributed by atoms with van der Waals surface area (Å²) in [5.74, 6) is 0.343. The van der Waals surface area contributed by atoms with Crippen molar-refractivity contribution in [1.29, 1.82) is 0 Å². The van der Waals surface area contributed by atoms with Gasteiger partial charge in [-0.3, -0.25) is 9.89 Å². The lowest BCUT2D eigenvalue weighted by molar-refractivity contribution is -0.137. The summed E-state index contributed by atoms with van der Waals surface area (Å²) in [4.78, 5) is 13.8. The van der Waals surface area contributed by atoms with Crippen molar-refractivity contribution in [3.05, 3.63) is 18.0 Å². The van der Waals surface area contributed by atoms with Crippen LogP contribution in [-0.2, 0) is 16.1 Å². The van der Waals surface area contributed by atoms with Crippen LogP contribution >= 0.6 is 0 Å². The van der Waals surface area contributed by atoms with E-state index in [1.54, 1.807) is 11.1 Å². The zero-order valence-corrected chi connectivity index (χ0v) is 9.48. The molecule has 1 N–H and O–H groups in total. The van der Waals surface area contributed by atoms with E-state index in [2.05, 4.69) is 10.2 Å². The predicted octanol–water partition coefficient (Wildman–Crippen LogP) is 0.795. The highest BCUT2D eigenvalue weighted by Gasteiger charge is 2.24. The van der Waals surface area contributed by atoms with Crippen LogP contribution in [0, 0.1) is 5.92 Å². The lowest BCUT2D eigenvalue weighted by Crippen LogP contribution is -2.35. The average Bonchev–Trinajstić information content (AvgIpc) is 2.82. The van der Waals surface area contributed by atoms with Crippen LogP contribution in [0.3, 0.4) is 0 Å². The molecule has 0 radical (unpaired) electrons. The van der Waals surface area contributed by atoms with Gasteiger partial charge in [0.2, 0.25) is 5.91 Å². The van der Waals surface area contributed by atoms with Gasteiger partial charge in [0, 0.05) is 44.5 Å². The van der Waals surface area contributed by atoms with E-state index in [-0.39, 0.29) is 11.8 Å². The number of carbonyl (C=O) groups is 1. The van der Waals surface area contributed by atoms with E-state index in [1.807, 2.05) is 13.2 Å². The van der Waals surface area contributed by atoms with Gasteiger partial charge in [0.1, 0.15) is 0 Å². The van der Waals surface area contributed by atoms with Crippen molar-refractivity contribution in [3.8, 4) is 0 Å². The van der Waals surface area contributed by atoms with Crippen LogP contribution in [0.1, 0.15) is 18.4 Å². The monoisotopic (exact) mass is 223 g/mol. The van der Waals surface area contributed by atoms with Gasteiger partial charge in [0.15, 0.2) is 0 Å². The number of amides is 1. The van der Waals surface area contributed by atoms with Crippen LogP contribution in [0.25, 0.3) is 0 Å². The maximum Gasteiger partial charge on any atom is 0.225 e. The molecule has 0 bridgehead atoms. The van der Waals surface area contributed by atoms with Crippen LogP contribution < -0.4 is 0 Å². The molecule has 0 spiro atoms. The van der Waals surface area contributed by atoms with Gasteiger partial charge in [0.25, 0.3) is 0 Å². The Bertz CT molecular complexity index is 331. The van der Waals surface area contributed by atoms with Gasteiger partial charge in [0.05, 0.1) is 6.20 Å². The molecule has 1 fully saturated rings. The zero-order valence-electron chi connectivity index (χ0n) is 9.48. The molecule has 2 rings (SSSR count). The molecular formula is C11H17N3O2. The molecule has 0 aromatic carbocycles. The lowest BCUT2D eigenvalue weighted by Gasteiger charge is -2.26. The van der Waals surface area contributed by atoms with E-state index in [0.717, 1.165) is 18.4 Å². The van der Waals surface area contributed by atoms with Gasteiger partial charge < -0.3 is 9.64 Å². The minimum absolute atomic E-state index is 0.130. The quantitative estimate of drug-likeness (QED) is 0.824. The highest BCUT2D eigenvalue weighted by Crippen LogP contribution is 2.17. The topological polar surface area (TPSA) is 58.2 Å². The van der Waals surface area contributed by atoms with Crippen molar-refractivity contribution in [1.82, 2.24) is 15.1 Å². The van der Waals surface area contributed by atoms with Gasteiger partial charge in [-0.15, -0.1) is 0 Å². The van der Waals surface area contributed by atoms with Crippen LogP contribution in [0.15, 0.2) is 12.4 Å². The summed E-state index contributed by atoms with van der Waals surface area (Å²) in [6.45, 7) is 2.03. The highest BCUT2D eigenvalue weighted by atomic mass is 16.5. The molecule has 88 valence electrons. The summed E-state index contributed by atoms with van der Waals surface area (Å²) < 4.78 is 5.25. The van der Waals surface area contributed by atoms with Gasteiger partial charge in [-0.2, -0.15) is 5.10 Å². The van der Waals surface area contributed by atoms with Crippen LogP contribution in [-0.4, -0.2) is 41.3 Å². The Hall–Kier alpha value is -1.36. The van der Waals surface area contributed by atoms with E-state index in [1.165, 1.54) is 0 Å². The first-order valence-electron chi connectivity index (χ1n) is 5.58. The summed E-state index contributed by atoms with van der Waals surface area (Å²) in [6, 6.07) is 0. The number of nitrogens with one attached hydrogen (secondary N) is 1. The van der Waals surface area contributed by atoms with Gasteiger partial charge in [-0.05, 0) is 12.8 Å². The Labute approximate surface area is 94.8 Å². The number of aromatic amines is 1. The maximum atomic E-state index is 12.1. The number of nitrogens with zero attached hydrogens (tertiary/aromatic N) is 2. The molecule has 0 saturated carbocycles. The summed E-state index contributed by atoms with van der Waals surface area (Å²) in [5, 5.41) is 6.61. The Morgan fingerprint density at radius 1 is 1.62 bits per heavy atom. The molecule has 1 aliphatic rings. The fourth-order valence-electron chi connectivity index (χ4n) is 1.97. The summed E-state index contributed by atoms with van der Waals surface area (Å²) in [6.07, 6.45) is 5.24. The third kappa shape index (κ3) is 2.61. The van der Waals surface area contributed by atoms with Gasteiger partial charge >= 0.3 is 0 Å². The minimum atomic E-state index is 0.130. The predicted molar refractivity (Wildman–Crippen MR) is 58.6 cm³/mol. The second-order valence-electron chi connectivity index (χ2n) is 4.19. The molecule has 0 unspecified atom stereocenters. The number of rotatable bonds is 3. The summed E-state index contributed by atoms with van der Waals surface area (Å²) in [5.41, 5.74) is 1.03. The molecule has 5 heteroatoms. The summed E-state index contributed by atoms with van der Waals surface area (Å²) >= 11 is 0. The van der Waals surface area contributed by atoms with Crippen LogP contribution in [0.2, 0.25) is 0 Å². The molecule has 1 aliphatic heterocycles. The first-order chi connectivity index (χ1) is 7.77. The average molecular weight is 223 g/mol. The Morgan fingerprint density at radius 2 is 2.38 bits per heavy atom. The fourth-order valence-corrected chi connectivity index (χ4v) is 1.97. The number of ether oxygens (including phenoxy) is 1. The van der Waals surface area contributed by atoms with E-state index in [4.69, 9.17) is 4.74 Å². The van der Waals surface area contributed by atoms with Crippen molar-refractivity contribution in [3.63, 3.8) is 0 Å². The van der Waals surface area contributed by atoms with Crippen molar-refractivity contribution in [2.75, 3.05) is 20.3 Å². The van der Waals surface area contributed by atoms with Crippen molar-refractivity contribution in [2.45, 2.75) is 19.4 Å². The Kier molecular flexibility index (Phi) is 3.56. The number of aromatic nitrogens is 2. The third-order valence-electron chi connectivity index (χ3n) is 2.92. The van der Waals surface area contributed by atoms with Gasteiger partial charge in [-0.25, -0.2) is 0 Å². The van der Waals surface area contributed by atoms with E-state index in [9.17, 15) is 4.79 Å². The van der Waals surface area contributed by atoms with E-state index >= 15 is 0 Å². The molecule has 1 aromatic rings. The third-order valence-corrected chi connectivity index (χ3v) is 2.92. The van der Waals surface area contributed by atoms with Gasteiger partial charge in [-0.1, -0.05) is 0 Å². The maximum absolute atomic E-state index is 12.1. The number of hydrogen-bond acceptors (Lipinski definition) is 3. The van der Waals surface area contributed by atoms with Crippen LogP contribution in [0.5, 0.6) is 0 Å². The standard InChI is InChI=1S/C11H17N3O2/c1-14(8-9-6-12-13-7-9)11(15)10-2-4-16-5-3-10/h6-7,10H,2-5,8H2,1H3,(H,12,13). The number of H-pyrrole nitrogens is 1. The molecule has 1 amide bonds. The minimum Gasteiger partial charge on any atom is -0.381 e. The first kappa shape index (κ1) is 11.1. The zero-order chi connectivity index (χ0) is 11.4. The molecule has 2 heterocycles. The highest BCUT2D eigenvalue weighted by molar-refractivity contribution is 5.78. The molecular weight excluding hydrogens is 206 g/mol.